The van der Waals surface area contributed by atoms with Gasteiger partial charge in [-0.05, 0) is 103 Å². The number of carbonyl (C=O) groups excluding carboxylic acids is 1. The first kappa shape index (κ1) is 47.8. The van der Waals surface area contributed by atoms with Crippen molar-refractivity contribution < 1.29 is 49.4 Å². The summed E-state index contributed by atoms with van der Waals surface area (Å²) in [6, 6.07) is 16.0. The minimum atomic E-state index is -4.68. The van der Waals surface area contributed by atoms with E-state index in [2.05, 4.69) is 76.1 Å². The maximum Gasteiger partial charge on any atom is 0.209 e. The second kappa shape index (κ2) is 17.4. The molecule has 3 aromatic carbocycles. The van der Waals surface area contributed by atoms with E-state index in [1.54, 1.807) is 24.3 Å². The number of carboxylic acids is 1. The van der Waals surface area contributed by atoms with Crippen molar-refractivity contribution >= 4 is 48.9 Å². The zero-order chi connectivity index (χ0) is 46.5. The SMILES string of the molecule is CC1(C)C(/C=C/C2=C(c3ccc(C(=O)[O-])cc3)C(=C\C=C3\N(CCC[N+](C)(C)C)c4ccc(S(=O)(=O)[O-])cc4C3(C)C)/CCC2)=[N+](CCC[N+](C)(C)C)c2ccc(S(=O)(=O)[O-])cc21. The highest BCUT2D eigenvalue weighted by atomic mass is 32.2. The number of fused-ring (bicyclic) bond motifs is 2. The molecule has 0 amide bonds. The molecule has 1 aliphatic carbocycles. The first-order chi connectivity index (χ1) is 29.1. The number of aromatic carboxylic acids is 1. The molecule has 3 aliphatic rings. The maximum atomic E-state index is 12.2. The molecule has 12 nitrogen and oxygen atoms in total. The van der Waals surface area contributed by atoms with Gasteiger partial charge in [0.2, 0.25) is 5.69 Å². The number of allylic oxidation sites excluding steroid dienone is 8. The van der Waals surface area contributed by atoms with Crippen molar-refractivity contribution in [3.8, 4) is 0 Å². The average Bonchev–Trinajstić information content (AvgIpc) is 3.51. The Labute approximate surface area is 374 Å². The zero-order valence-corrected chi connectivity index (χ0v) is 40.0. The fourth-order valence-corrected chi connectivity index (χ4v) is 10.3. The first-order valence-electron chi connectivity index (χ1n) is 21.5. The molecular formula is C49H62N4O8S2. The Morgan fingerprint density at radius 1 is 0.746 bits per heavy atom. The third kappa shape index (κ3) is 10.5. The summed E-state index contributed by atoms with van der Waals surface area (Å²) in [6.45, 7) is 11.3. The quantitative estimate of drug-likeness (QED) is 0.0979. The predicted molar refractivity (Wildman–Crippen MR) is 244 cm³/mol. The van der Waals surface area contributed by atoms with Crippen LogP contribution in [0.5, 0.6) is 0 Å². The topological polar surface area (TPSA) is 161 Å². The van der Waals surface area contributed by atoms with Gasteiger partial charge in [-0.3, -0.25) is 0 Å². The molecule has 2 aliphatic heterocycles. The van der Waals surface area contributed by atoms with Crippen molar-refractivity contribution in [2.24, 2.45) is 0 Å². The van der Waals surface area contributed by atoms with Crippen LogP contribution in [0.15, 0.2) is 112 Å². The number of nitrogens with zero attached hydrogens (tertiary/aromatic N) is 4. The number of quaternary nitrogens is 2. The van der Waals surface area contributed by atoms with E-state index in [0.717, 1.165) is 110 Å². The summed E-state index contributed by atoms with van der Waals surface area (Å²) >= 11 is 0. The fraction of sp³-hybridized carbons (Fsp3) is 0.429. The molecule has 0 saturated heterocycles. The lowest BCUT2D eigenvalue weighted by Crippen LogP contribution is -2.37. The van der Waals surface area contributed by atoms with Crippen LogP contribution >= 0.6 is 0 Å². The molecule has 2 heterocycles. The molecule has 0 saturated carbocycles. The maximum absolute atomic E-state index is 12.2. The van der Waals surface area contributed by atoms with E-state index in [0.29, 0.717) is 13.1 Å². The van der Waals surface area contributed by atoms with Crippen molar-refractivity contribution in [1.29, 1.82) is 0 Å². The van der Waals surface area contributed by atoms with Crippen molar-refractivity contribution in [3.63, 3.8) is 0 Å². The van der Waals surface area contributed by atoms with Crippen LogP contribution in [0.4, 0.5) is 11.4 Å². The Bertz CT molecular complexity index is 2690. The van der Waals surface area contributed by atoms with Crippen LogP contribution in [-0.4, -0.2) is 120 Å². The first-order valence-corrected chi connectivity index (χ1v) is 24.3. The van der Waals surface area contributed by atoms with E-state index in [-0.39, 0.29) is 15.4 Å². The summed E-state index contributed by atoms with van der Waals surface area (Å²) in [4.78, 5) is 13.5. The number of anilines is 1. The smallest absolute Gasteiger partial charge is 0.209 e. The van der Waals surface area contributed by atoms with Crippen LogP contribution in [0.25, 0.3) is 5.57 Å². The highest BCUT2D eigenvalue weighted by Crippen LogP contribution is 2.49. The van der Waals surface area contributed by atoms with E-state index in [1.807, 2.05) is 39.8 Å². The highest BCUT2D eigenvalue weighted by molar-refractivity contribution is 7.86. The summed E-state index contributed by atoms with van der Waals surface area (Å²) in [5, 5.41) is 11.8. The van der Waals surface area contributed by atoms with Gasteiger partial charge in [-0.2, -0.15) is 4.58 Å². The summed E-state index contributed by atoms with van der Waals surface area (Å²) in [5.74, 6) is -1.26. The molecule has 6 rings (SSSR count). The summed E-state index contributed by atoms with van der Waals surface area (Å²) < 4.78 is 76.9. The lowest BCUT2D eigenvalue weighted by Gasteiger charge is -2.29. The summed E-state index contributed by atoms with van der Waals surface area (Å²) in [5.41, 5.74) is 7.84. The molecular weight excluding hydrogens is 837 g/mol. The van der Waals surface area contributed by atoms with Crippen LogP contribution in [0, 0.1) is 0 Å². The minimum Gasteiger partial charge on any atom is -0.744 e. The second-order valence-electron chi connectivity index (χ2n) is 20.1. The van der Waals surface area contributed by atoms with Crippen LogP contribution in [0.3, 0.4) is 0 Å². The Kier molecular flexibility index (Phi) is 13.2. The number of benzene rings is 3. The van der Waals surface area contributed by atoms with Crippen LogP contribution in [0.2, 0.25) is 0 Å². The summed E-state index contributed by atoms with van der Waals surface area (Å²) in [7, 11) is 3.49. The van der Waals surface area contributed by atoms with Gasteiger partial charge in [-0.15, -0.1) is 0 Å². The number of carbonyl (C=O) groups is 1. The van der Waals surface area contributed by atoms with E-state index >= 15 is 0 Å². The van der Waals surface area contributed by atoms with E-state index in [1.165, 1.54) is 24.3 Å². The van der Waals surface area contributed by atoms with Gasteiger partial charge in [-0.25, -0.2) is 16.8 Å². The minimum absolute atomic E-state index is 0.0689. The number of hydrogen-bond donors (Lipinski definition) is 0. The van der Waals surface area contributed by atoms with Crippen LogP contribution in [-0.2, 0) is 31.1 Å². The van der Waals surface area contributed by atoms with Gasteiger partial charge in [0.25, 0.3) is 0 Å². The molecule has 63 heavy (non-hydrogen) atoms. The van der Waals surface area contributed by atoms with Gasteiger partial charge in [0.05, 0.1) is 83.0 Å². The second-order valence-corrected chi connectivity index (χ2v) is 22.9. The van der Waals surface area contributed by atoms with Crippen molar-refractivity contribution in [3.05, 3.63) is 124 Å². The lowest BCUT2D eigenvalue weighted by atomic mass is 9.79. The van der Waals surface area contributed by atoms with Crippen LogP contribution < -0.4 is 10.0 Å². The number of carboxylic acid groups (broad SMARTS) is 1. The van der Waals surface area contributed by atoms with Gasteiger partial charge in [0.15, 0.2) is 12.3 Å². The van der Waals surface area contributed by atoms with Gasteiger partial charge in [0, 0.05) is 47.5 Å². The number of rotatable bonds is 15. The van der Waals surface area contributed by atoms with Gasteiger partial charge in [0.1, 0.15) is 20.2 Å². The largest absolute Gasteiger partial charge is 0.744 e. The van der Waals surface area contributed by atoms with E-state index in [4.69, 9.17) is 0 Å². The molecule has 0 spiro atoms. The average molecular weight is 899 g/mol. The fourth-order valence-electron chi connectivity index (χ4n) is 9.27. The Morgan fingerprint density at radius 2 is 1.33 bits per heavy atom. The van der Waals surface area contributed by atoms with Crippen molar-refractivity contribution in [2.75, 3.05) is 73.4 Å². The van der Waals surface area contributed by atoms with Crippen molar-refractivity contribution in [1.82, 2.24) is 0 Å². The molecule has 0 atom stereocenters. The van der Waals surface area contributed by atoms with E-state index < -0.39 is 37.0 Å². The summed E-state index contributed by atoms with van der Waals surface area (Å²) in [6.07, 6.45) is 12.5. The molecule has 0 bridgehead atoms. The monoisotopic (exact) mass is 898 g/mol. The standard InChI is InChI=1S/C49H62N4O8S2/c1-48(2)40-32-38(62(56,57)58)22-24-42(40)50(28-12-30-52(5,6)7)44(48)26-20-34-14-11-15-35(46(34)36-16-18-37(19-17-36)47(54)55)21-27-45-49(3,4)41-33-39(63(59,60)61)23-25-43(41)51(45)29-13-31-53(8,9)10/h16-27,32-33H,11-15,28-31H2,1-10H3. The molecule has 0 unspecified atom stereocenters. The van der Waals surface area contributed by atoms with Gasteiger partial charge < -0.3 is 32.9 Å². The molecule has 0 aromatic heterocycles. The van der Waals surface area contributed by atoms with E-state index in [9.17, 15) is 35.8 Å². The third-order valence-electron chi connectivity index (χ3n) is 12.6. The normalized spacial score (nSPS) is 19.1. The van der Waals surface area contributed by atoms with Gasteiger partial charge in [-0.1, -0.05) is 50.3 Å². The van der Waals surface area contributed by atoms with Crippen molar-refractivity contribution in [2.45, 2.75) is 80.4 Å². The lowest BCUT2D eigenvalue weighted by molar-refractivity contribution is -0.871. The molecule has 3 aromatic rings. The Morgan fingerprint density at radius 3 is 1.92 bits per heavy atom. The zero-order valence-electron chi connectivity index (χ0n) is 38.3. The predicted octanol–water partition coefficient (Wildman–Crippen LogP) is 6.23. The molecule has 0 radical (unpaired) electrons. The molecule has 0 N–H and O–H groups in total. The number of hydrogen-bond acceptors (Lipinski definition) is 9. The molecule has 338 valence electrons. The molecule has 14 heteroatoms. The highest BCUT2D eigenvalue weighted by Gasteiger charge is 2.45. The van der Waals surface area contributed by atoms with Gasteiger partial charge >= 0.3 is 0 Å². The Hall–Kier alpha value is -4.70. The third-order valence-corrected chi connectivity index (χ3v) is 14.2. The molecule has 0 fully saturated rings. The van der Waals surface area contributed by atoms with Crippen LogP contribution in [0.1, 0.15) is 86.8 Å². The Balaban J connectivity index is 1.51.